The van der Waals surface area contributed by atoms with Crippen molar-refractivity contribution in [2.45, 2.75) is 39.2 Å². The number of urea groups is 1. The molecular weight excluding hydrogens is 352 g/mol. The van der Waals surface area contributed by atoms with Gasteiger partial charge in [0.2, 0.25) is 0 Å². The Balaban J connectivity index is 1.64. The molecule has 0 aliphatic carbocycles. The number of imide groups is 1. The second kappa shape index (κ2) is 6.76. The van der Waals surface area contributed by atoms with Gasteiger partial charge in [0.15, 0.2) is 0 Å². The van der Waals surface area contributed by atoms with Gasteiger partial charge in [0.1, 0.15) is 5.54 Å². The van der Waals surface area contributed by atoms with Gasteiger partial charge in [-0.15, -0.1) is 0 Å². The van der Waals surface area contributed by atoms with Crippen LogP contribution in [0.3, 0.4) is 0 Å². The number of para-hydroxylation sites is 1. The van der Waals surface area contributed by atoms with E-state index in [-0.39, 0.29) is 11.9 Å². The Kier molecular flexibility index (Phi) is 4.52. The van der Waals surface area contributed by atoms with Gasteiger partial charge in [-0.3, -0.25) is 14.7 Å². The third kappa shape index (κ3) is 2.82. The number of piperidine rings is 1. The number of aromatic nitrogens is 1. The summed E-state index contributed by atoms with van der Waals surface area (Å²) in [6.07, 6.45) is 1.31. The zero-order valence-corrected chi connectivity index (χ0v) is 17.1. The molecule has 0 bridgehead atoms. The molecule has 6 nitrogen and oxygen atoms in total. The largest absolute Gasteiger partial charge is 0.371 e. The number of aryl methyl sites for hydroxylation is 1. The summed E-state index contributed by atoms with van der Waals surface area (Å²) in [6, 6.07) is 10.1. The molecule has 2 aliphatic heterocycles. The maximum absolute atomic E-state index is 13.0. The molecule has 2 saturated heterocycles. The summed E-state index contributed by atoms with van der Waals surface area (Å²) < 4.78 is 0. The highest BCUT2D eigenvalue weighted by atomic mass is 16.2. The van der Waals surface area contributed by atoms with Crippen molar-refractivity contribution < 1.29 is 9.59 Å². The van der Waals surface area contributed by atoms with E-state index in [1.54, 1.807) is 7.05 Å². The molecule has 0 saturated carbocycles. The van der Waals surface area contributed by atoms with Crippen molar-refractivity contribution in [2.24, 2.45) is 5.92 Å². The van der Waals surface area contributed by atoms with Crippen molar-refractivity contribution in [2.75, 3.05) is 31.6 Å². The van der Waals surface area contributed by atoms with Gasteiger partial charge in [-0.1, -0.05) is 32.0 Å². The molecule has 0 atom stereocenters. The van der Waals surface area contributed by atoms with Gasteiger partial charge in [-0.2, -0.15) is 0 Å². The number of nitrogens with zero attached hydrogens (tertiary/aromatic N) is 4. The topological polar surface area (TPSA) is 56.8 Å². The molecule has 3 heterocycles. The maximum atomic E-state index is 13.0. The monoisotopic (exact) mass is 380 g/mol. The summed E-state index contributed by atoms with van der Waals surface area (Å²) in [5.74, 6) is 0.276. The van der Waals surface area contributed by atoms with Crippen LogP contribution in [0.15, 0.2) is 30.3 Å². The van der Waals surface area contributed by atoms with E-state index >= 15 is 0 Å². The highest BCUT2D eigenvalue weighted by Gasteiger charge is 2.56. The van der Waals surface area contributed by atoms with Crippen LogP contribution in [-0.2, 0) is 4.79 Å². The van der Waals surface area contributed by atoms with Crippen molar-refractivity contribution in [1.82, 2.24) is 14.8 Å². The van der Waals surface area contributed by atoms with Gasteiger partial charge in [0.05, 0.1) is 5.52 Å². The van der Waals surface area contributed by atoms with Crippen molar-refractivity contribution >= 4 is 28.5 Å². The molecule has 2 fully saturated rings. The van der Waals surface area contributed by atoms with Crippen LogP contribution >= 0.6 is 0 Å². The Hall–Kier alpha value is -2.63. The number of amides is 3. The average Bonchev–Trinajstić information content (AvgIpc) is 2.84. The fourth-order valence-corrected chi connectivity index (χ4v) is 4.65. The maximum Gasteiger partial charge on any atom is 0.327 e. The molecule has 148 valence electrons. The fourth-order valence-electron chi connectivity index (χ4n) is 4.65. The van der Waals surface area contributed by atoms with Crippen molar-refractivity contribution in [3.8, 4) is 0 Å². The predicted molar refractivity (Wildman–Crippen MR) is 110 cm³/mol. The number of carbonyl (C=O) groups is 2. The van der Waals surface area contributed by atoms with E-state index < -0.39 is 5.54 Å². The Morgan fingerprint density at radius 1 is 1.14 bits per heavy atom. The summed E-state index contributed by atoms with van der Waals surface area (Å²) in [7, 11) is 1.61. The molecule has 3 amide bonds. The first-order valence-corrected chi connectivity index (χ1v) is 10.0. The van der Waals surface area contributed by atoms with E-state index in [0.717, 1.165) is 29.7 Å². The second-order valence-corrected chi connectivity index (χ2v) is 8.47. The van der Waals surface area contributed by atoms with Gasteiger partial charge in [0, 0.05) is 43.4 Å². The summed E-state index contributed by atoms with van der Waals surface area (Å²) in [4.78, 5) is 35.8. The second-order valence-electron chi connectivity index (χ2n) is 8.47. The molecule has 28 heavy (non-hydrogen) atoms. The number of hydrogen-bond acceptors (Lipinski definition) is 4. The lowest BCUT2D eigenvalue weighted by Gasteiger charge is -2.43. The standard InChI is InChI=1S/C22H28N4O2/c1-15(2)14-26-21(28)24(4)20(27)22(26)9-11-25(12-10-22)19-13-16(3)23-18-8-6-5-7-17(18)19/h5-8,13,15H,9-12,14H2,1-4H3. The van der Waals surface area contributed by atoms with Crippen LogP contribution in [0, 0.1) is 12.8 Å². The number of likely N-dealkylation sites (N-methyl/N-ethyl adjacent to an activating group) is 1. The fraction of sp³-hybridized carbons (Fsp3) is 0.500. The van der Waals surface area contributed by atoms with Crippen molar-refractivity contribution in [3.63, 3.8) is 0 Å². The summed E-state index contributed by atoms with van der Waals surface area (Å²) >= 11 is 0. The minimum atomic E-state index is -0.690. The van der Waals surface area contributed by atoms with Crippen molar-refractivity contribution in [3.05, 3.63) is 36.0 Å². The first-order chi connectivity index (χ1) is 13.3. The number of hydrogen-bond donors (Lipinski definition) is 0. The molecule has 1 aromatic heterocycles. The Labute approximate surface area is 166 Å². The minimum Gasteiger partial charge on any atom is -0.371 e. The molecule has 0 N–H and O–H groups in total. The summed E-state index contributed by atoms with van der Waals surface area (Å²) in [6.45, 7) is 8.30. The molecule has 2 aromatic rings. The van der Waals surface area contributed by atoms with E-state index in [1.165, 1.54) is 10.6 Å². The first kappa shape index (κ1) is 18.7. The van der Waals surface area contributed by atoms with E-state index in [2.05, 4.69) is 35.9 Å². The number of carbonyl (C=O) groups excluding carboxylic acids is 2. The Morgan fingerprint density at radius 2 is 1.82 bits per heavy atom. The van der Waals surface area contributed by atoms with Gasteiger partial charge < -0.3 is 9.80 Å². The quantitative estimate of drug-likeness (QED) is 0.766. The van der Waals surface area contributed by atoms with E-state index in [0.29, 0.717) is 25.3 Å². The minimum absolute atomic E-state index is 0.0476. The molecule has 1 aromatic carbocycles. The molecule has 1 spiro atoms. The molecule has 0 unspecified atom stereocenters. The predicted octanol–water partition coefficient (Wildman–Crippen LogP) is 3.43. The normalized spacial score (nSPS) is 19.5. The molecule has 6 heteroatoms. The summed E-state index contributed by atoms with van der Waals surface area (Å²) in [5, 5.41) is 1.13. The van der Waals surface area contributed by atoms with Gasteiger partial charge in [-0.25, -0.2) is 4.79 Å². The third-order valence-electron chi connectivity index (χ3n) is 6.04. The lowest BCUT2D eigenvalue weighted by atomic mass is 9.85. The number of fused-ring (bicyclic) bond motifs is 1. The number of anilines is 1. The number of benzene rings is 1. The average molecular weight is 380 g/mol. The first-order valence-electron chi connectivity index (χ1n) is 10.0. The molecule has 4 rings (SSSR count). The zero-order valence-electron chi connectivity index (χ0n) is 17.1. The Bertz CT molecular complexity index is 931. The molecule has 2 aliphatic rings. The van der Waals surface area contributed by atoms with E-state index in [9.17, 15) is 9.59 Å². The van der Waals surface area contributed by atoms with Crippen LogP contribution in [0.5, 0.6) is 0 Å². The lowest BCUT2D eigenvalue weighted by Crippen LogP contribution is -2.57. The van der Waals surface area contributed by atoms with Crippen LogP contribution in [-0.4, -0.2) is 58.9 Å². The highest BCUT2D eigenvalue weighted by Crippen LogP contribution is 2.39. The van der Waals surface area contributed by atoms with Crippen LogP contribution in [0.1, 0.15) is 32.4 Å². The van der Waals surface area contributed by atoms with E-state index in [4.69, 9.17) is 0 Å². The van der Waals surface area contributed by atoms with Gasteiger partial charge in [-0.05, 0) is 37.8 Å². The van der Waals surface area contributed by atoms with Gasteiger partial charge in [0.25, 0.3) is 5.91 Å². The number of rotatable bonds is 3. The highest BCUT2D eigenvalue weighted by molar-refractivity contribution is 6.07. The van der Waals surface area contributed by atoms with Crippen LogP contribution in [0.25, 0.3) is 10.9 Å². The SMILES string of the molecule is Cc1cc(N2CCC3(CC2)C(=O)N(C)C(=O)N3CC(C)C)c2ccccc2n1. The van der Waals surface area contributed by atoms with Crippen molar-refractivity contribution in [1.29, 1.82) is 0 Å². The Morgan fingerprint density at radius 3 is 2.50 bits per heavy atom. The molecule has 0 radical (unpaired) electrons. The number of pyridine rings is 1. The van der Waals surface area contributed by atoms with Crippen LogP contribution in [0.4, 0.5) is 10.5 Å². The third-order valence-corrected chi connectivity index (χ3v) is 6.04. The van der Waals surface area contributed by atoms with Gasteiger partial charge >= 0.3 is 6.03 Å². The smallest absolute Gasteiger partial charge is 0.327 e. The zero-order chi connectivity index (χ0) is 20.1. The van der Waals surface area contributed by atoms with Crippen LogP contribution in [0.2, 0.25) is 0 Å². The summed E-state index contributed by atoms with van der Waals surface area (Å²) in [5.41, 5.74) is 2.46. The van der Waals surface area contributed by atoms with Crippen LogP contribution < -0.4 is 4.90 Å². The lowest BCUT2D eigenvalue weighted by molar-refractivity contribution is -0.133. The van der Waals surface area contributed by atoms with E-state index in [1.807, 2.05) is 30.0 Å². The molecular formula is C22H28N4O2.